The number of nitrogens with one attached hydrogen (secondary N) is 1. The van der Waals surface area contributed by atoms with Gasteiger partial charge in [0.1, 0.15) is 6.08 Å². The van der Waals surface area contributed by atoms with Crippen LogP contribution in [0, 0.1) is 6.42 Å². The maximum atomic E-state index is 10.7. The summed E-state index contributed by atoms with van der Waals surface area (Å²) < 4.78 is 0. The number of rotatable bonds is 2. The average Bonchev–Trinajstić information content (AvgIpc) is 1.88. The molecular weight excluding hydrogens is 126 g/mol. The molecule has 2 heteroatoms. The number of ketones is 1. The second kappa shape index (κ2) is 2.92. The molecule has 0 unspecified atom stereocenters. The highest BCUT2D eigenvalue weighted by molar-refractivity contribution is 6.00. The van der Waals surface area contributed by atoms with Crippen molar-refractivity contribution in [3.8, 4) is 0 Å². The first-order valence-electron chi connectivity index (χ1n) is 2.97. The van der Waals surface area contributed by atoms with Gasteiger partial charge in [-0.3, -0.25) is 4.79 Å². The Morgan fingerprint density at radius 1 is 1.70 bits per heavy atom. The number of carbonyl (C=O) groups excluding carboxylic acids is 1. The van der Waals surface area contributed by atoms with E-state index in [1.165, 1.54) is 18.7 Å². The summed E-state index contributed by atoms with van der Waals surface area (Å²) in [5.41, 5.74) is 0.780. The molecule has 2 nitrogen and oxygen atoms in total. The molecule has 0 aromatic heterocycles. The summed E-state index contributed by atoms with van der Waals surface area (Å²) in [5.74, 6) is 0.00634. The summed E-state index contributed by atoms with van der Waals surface area (Å²) in [6.07, 6.45) is 8.07. The zero-order valence-electron chi connectivity index (χ0n) is 5.50. The Kier molecular flexibility index (Phi) is 1.95. The third-order valence-electron chi connectivity index (χ3n) is 1.10. The van der Waals surface area contributed by atoms with Crippen molar-refractivity contribution in [2.75, 3.05) is 0 Å². The molecule has 0 aliphatic heterocycles. The lowest BCUT2D eigenvalue weighted by Gasteiger charge is -1.95. The maximum absolute atomic E-state index is 10.7. The lowest BCUT2D eigenvalue weighted by atomic mass is 10.1. The molecule has 1 aliphatic carbocycles. The minimum absolute atomic E-state index is 0.00634. The summed E-state index contributed by atoms with van der Waals surface area (Å²) in [6, 6.07) is 0. The summed E-state index contributed by atoms with van der Waals surface area (Å²) in [7, 11) is 0. The standard InChI is InChI=1S/C8H7NO/c1-2-9-7-4-3-5-8(10)6-7/h2-6H,1H2/p+1. The van der Waals surface area contributed by atoms with Gasteiger partial charge in [-0.25, -0.2) is 0 Å². The van der Waals surface area contributed by atoms with Crippen LogP contribution in [0.2, 0.25) is 0 Å². The molecule has 1 rings (SSSR count). The maximum Gasteiger partial charge on any atom is 0.287 e. The Morgan fingerprint density at radius 2 is 2.50 bits per heavy atom. The van der Waals surface area contributed by atoms with E-state index in [2.05, 4.69) is 11.9 Å². The minimum Gasteiger partial charge on any atom is -0.340 e. The van der Waals surface area contributed by atoms with Crippen molar-refractivity contribution in [1.82, 2.24) is 5.32 Å². The molecule has 0 amide bonds. The third kappa shape index (κ3) is 1.52. The fourth-order valence-corrected chi connectivity index (χ4v) is 0.704. The molecule has 50 valence electrons. The first-order chi connectivity index (χ1) is 4.83. The molecule has 0 saturated carbocycles. The Hall–Kier alpha value is -1.44. The van der Waals surface area contributed by atoms with Crippen LogP contribution in [-0.4, -0.2) is 5.78 Å². The first-order valence-corrected chi connectivity index (χ1v) is 2.97. The minimum atomic E-state index is 0.00634. The quantitative estimate of drug-likeness (QED) is 0.569. The van der Waals surface area contributed by atoms with Crippen molar-refractivity contribution in [2.24, 2.45) is 0 Å². The van der Waals surface area contributed by atoms with E-state index in [-0.39, 0.29) is 5.78 Å². The zero-order valence-corrected chi connectivity index (χ0v) is 5.50. The van der Waals surface area contributed by atoms with Crippen LogP contribution in [0.1, 0.15) is 0 Å². The normalized spacial score (nSPS) is 15.6. The van der Waals surface area contributed by atoms with Gasteiger partial charge >= 0.3 is 0 Å². The molecule has 0 radical (unpaired) electrons. The molecule has 1 N–H and O–H groups in total. The molecule has 10 heavy (non-hydrogen) atoms. The van der Waals surface area contributed by atoms with Gasteiger partial charge in [0.05, 0.1) is 18.6 Å². The van der Waals surface area contributed by atoms with Gasteiger partial charge in [-0.1, -0.05) is 6.58 Å². The van der Waals surface area contributed by atoms with Gasteiger partial charge in [-0.05, 0) is 6.20 Å². The molecule has 0 atom stereocenters. The van der Waals surface area contributed by atoms with E-state index in [4.69, 9.17) is 0 Å². The van der Waals surface area contributed by atoms with Gasteiger partial charge in [-0.15, -0.1) is 0 Å². The average molecular weight is 134 g/mol. The van der Waals surface area contributed by atoms with E-state index in [1.807, 2.05) is 6.08 Å². The highest BCUT2D eigenvalue weighted by atomic mass is 16.1. The second-order valence-electron chi connectivity index (χ2n) is 1.88. The summed E-state index contributed by atoms with van der Waals surface area (Å²) >= 11 is 0. The van der Waals surface area contributed by atoms with E-state index in [9.17, 15) is 4.79 Å². The van der Waals surface area contributed by atoms with Crippen LogP contribution in [0.3, 0.4) is 0 Å². The van der Waals surface area contributed by atoms with E-state index >= 15 is 0 Å². The van der Waals surface area contributed by atoms with Crippen molar-refractivity contribution >= 4 is 5.78 Å². The van der Waals surface area contributed by atoms with E-state index in [0.29, 0.717) is 0 Å². The molecule has 0 saturated heterocycles. The van der Waals surface area contributed by atoms with E-state index in [1.54, 1.807) is 6.08 Å². The van der Waals surface area contributed by atoms with Gasteiger partial charge in [-0.2, -0.15) is 0 Å². The highest BCUT2D eigenvalue weighted by Crippen LogP contribution is 2.01. The van der Waals surface area contributed by atoms with Crippen molar-refractivity contribution in [2.45, 2.75) is 0 Å². The van der Waals surface area contributed by atoms with Gasteiger partial charge in [0.2, 0.25) is 0 Å². The lowest BCUT2D eigenvalue weighted by Crippen LogP contribution is -2.08. The third-order valence-corrected chi connectivity index (χ3v) is 1.10. The van der Waals surface area contributed by atoms with Crippen LogP contribution in [0.25, 0.3) is 0 Å². The number of allylic oxidation sites excluding steroid dienone is 3. The van der Waals surface area contributed by atoms with Crippen molar-refractivity contribution in [1.29, 1.82) is 0 Å². The van der Waals surface area contributed by atoms with Crippen LogP contribution >= 0.6 is 0 Å². The van der Waals surface area contributed by atoms with Crippen molar-refractivity contribution < 1.29 is 4.79 Å². The Labute approximate surface area is 59.9 Å². The molecule has 0 spiro atoms. The predicted octanol–water partition coefficient (Wildman–Crippen LogP) is 0.947. The molecular formula is C8H8NO+. The first kappa shape index (κ1) is 6.68. The van der Waals surface area contributed by atoms with Crippen molar-refractivity contribution in [3.05, 3.63) is 43.1 Å². The smallest absolute Gasteiger partial charge is 0.287 e. The molecule has 1 aliphatic rings. The SMILES string of the molecule is C=CNC1=CC(=O)[CH+]C=C1. The van der Waals surface area contributed by atoms with Crippen LogP contribution < -0.4 is 5.32 Å². The molecule has 0 bridgehead atoms. The largest absolute Gasteiger partial charge is 0.340 e. The lowest BCUT2D eigenvalue weighted by molar-refractivity contribution is -0.111. The van der Waals surface area contributed by atoms with Gasteiger partial charge in [0.15, 0.2) is 5.70 Å². The fourth-order valence-electron chi connectivity index (χ4n) is 0.704. The van der Waals surface area contributed by atoms with Crippen LogP contribution in [0.5, 0.6) is 0 Å². The topological polar surface area (TPSA) is 29.1 Å². The number of hydrogen-bond acceptors (Lipinski definition) is 2. The summed E-state index contributed by atoms with van der Waals surface area (Å²) in [6.45, 7) is 3.47. The van der Waals surface area contributed by atoms with E-state index < -0.39 is 0 Å². The Bertz CT molecular complexity index is 213. The monoisotopic (exact) mass is 134 g/mol. The summed E-state index contributed by atoms with van der Waals surface area (Å²) in [4.78, 5) is 10.7. The van der Waals surface area contributed by atoms with Crippen molar-refractivity contribution in [3.63, 3.8) is 0 Å². The molecule has 0 aromatic carbocycles. The Morgan fingerprint density at radius 3 is 3.10 bits per heavy atom. The van der Waals surface area contributed by atoms with Gasteiger partial charge in [0, 0.05) is 0 Å². The number of carbonyl (C=O) groups is 1. The Balaban J connectivity index is 2.66. The predicted molar refractivity (Wildman–Crippen MR) is 39.9 cm³/mol. The molecule has 0 fully saturated rings. The fraction of sp³-hybridized carbons (Fsp3) is 0. The second-order valence-corrected chi connectivity index (χ2v) is 1.88. The van der Waals surface area contributed by atoms with Gasteiger partial charge < -0.3 is 5.32 Å². The molecule has 0 heterocycles. The van der Waals surface area contributed by atoms with Crippen LogP contribution in [-0.2, 0) is 4.79 Å². The van der Waals surface area contributed by atoms with Gasteiger partial charge in [0.25, 0.3) is 5.78 Å². The summed E-state index contributed by atoms with van der Waals surface area (Å²) in [5, 5.41) is 2.81. The van der Waals surface area contributed by atoms with E-state index in [0.717, 1.165) is 5.70 Å². The highest BCUT2D eigenvalue weighted by Gasteiger charge is 2.10. The number of hydrogen-bond donors (Lipinski definition) is 1. The van der Waals surface area contributed by atoms with Crippen LogP contribution in [0.4, 0.5) is 0 Å². The zero-order chi connectivity index (χ0) is 7.40. The van der Waals surface area contributed by atoms with Crippen LogP contribution in [0.15, 0.2) is 36.7 Å². The molecule has 0 aromatic rings.